The van der Waals surface area contributed by atoms with Crippen molar-refractivity contribution >= 4 is 23.4 Å². The van der Waals surface area contributed by atoms with E-state index in [1.807, 2.05) is 60.3 Å². The highest BCUT2D eigenvalue weighted by Crippen LogP contribution is 2.29. The fourth-order valence-corrected chi connectivity index (χ4v) is 4.99. The minimum absolute atomic E-state index is 0.0915. The van der Waals surface area contributed by atoms with Crippen LogP contribution in [0.5, 0.6) is 5.75 Å². The monoisotopic (exact) mass is 504 g/mol. The van der Waals surface area contributed by atoms with E-state index in [0.717, 1.165) is 28.4 Å². The summed E-state index contributed by atoms with van der Waals surface area (Å²) < 4.78 is 19.5. The van der Waals surface area contributed by atoms with Gasteiger partial charge >= 0.3 is 0 Å². The number of methoxy groups -OCH3 is 1. The van der Waals surface area contributed by atoms with Gasteiger partial charge in [0.1, 0.15) is 17.4 Å². The Kier molecular flexibility index (Phi) is 7.12. The van der Waals surface area contributed by atoms with E-state index in [-0.39, 0.29) is 11.7 Å². The van der Waals surface area contributed by atoms with Gasteiger partial charge in [0.2, 0.25) is 11.9 Å². The van der Waals surface area contributed by atoms with Crippen LogP contribution in [0.25, 0.3) is 0 Å². The molecular formula is C28H33FN6O2. The summed E-state index contributed by atoms with van der Waals surface area (Å²) in [6.45, 7) is 3.96. The molecule has 0 saturated carbocycles. The molecule has 1 amide bonds. The van der Waals surface area contributed by atoms with E-state index in [4.69, 9.17) is 14.7 Å². The first-order valence-corrected chi connectivity index (χ1v) is 12.6. The van der Waals surface area contributed by atoms with Crippen LogP contribution in [0.1, 0.15) is 16.8 Å². The van der Waals surface area contributed by atoms with Crippen LogP contribution < -0.4 is 19.4 Å². The number of hydrogen-bond acceptors (Lipinski definition) is 7. The van der Waals surface area contributed by atoms with E-state index in [9.17, 15) is 9.18 Å². The van der Waals surface area contributed by atoms with E-state index < -0.39 is 0 Å². The molecule has 2 aliphatic rings. The van der Waals surface area contributed by atoms with Gasteiger partial charge in [0, 0.05) is 58.8 Å². The van der Waals surface area contributed by atoms with E-state index in [1.165, 1.54) is 6.07 Å². The zero-order chi connectivity index (χ0) is 25.9. The van der Waals surface area contributed by atoms with Gasteiger partial charge in [0.05, 0.1) is 31.5 Å². The maximum Gasteiger partial charge on any atom is 0.227 e. The summed E-state index contributed by atoms with van der Waals surface area (Å²) in [6.07, 6.45) is 1.04. The van der Waals surface area contributed by atoms with Crippen molar-refractivity contribution in [3.8, 4) is 5.75 Å². The number of carbonyl (C=O) groups excluding carboxylic acids is 1. The SMILES string of the molecule is COc1ccc(CC(=O)N2CCc3nc(N4CCN(c5ccccc5F)CC4)nc(N(C)C)c3C2)cc1. The van der Waals surface area contributed by atoms with Crippen molar-refractivity contribution in [3.05, 3.63) is 71.2 Å². The second-order valence-electron chi connectivity index (χ2n) is 9.68. The molecule has 1 fully saturated rings. The van der Waals surface area contributed by atoms with Crippen LogP contribution in [-0.4, -0.2) is 74.7 Å². The molecule has 0 N–H and O–H groups in total. The molecule has 1 aromatic heterocycles. The fraction of sp³-hybridized carbons (Fsp3) is 0.393. The molecule has 0 atom stereocenters. The van der Waals surface area contributed by atoms with Gasteiger partial charge in [-0.2, -0.15) is 4.98 Å². The molecule has 0 unspecified atom stereocenters. The van der Waals surface area contributed by atoms with Crippen molar-refractivity contribution in [1.82, 2.24) is 14.9 Å². The molecular weight excluding hydrogens is 471 g/mol. The van der Waals surface area contributed by atoms with E-state index in [2.05, 4.69) is 9.80 Å². The molecule has 9 heteroatoms. The van der Waals surface area contributed by atoms with E-state index >= 15 is 0 Å². The maximum atomic E-state index is 14.2. The maximum absolute atomic E-state index is 14.2. The summed E-state index contributed by atoms with van der Waals surface area (Å²) in [6, 6.07) is 14.5. The number of nitrogens with zero attached hydrogens (tertiary/aromatic N) is 6. The smallest absolute Gasteiger partial charge is 0.227 e. The number of carbonyl (C=O) groups is 1. The Labute approximate surface area is 217 Å². The number of hydrogen-bond donors (Lipinski definition) is 0. The van der Waals surface area contributed by atoms with Gasteiger partial charge in [0.25, 0.3) is 0 Å². The Bertz CT molecular complexity index is 1260. The number of amides is 1. The van der Waals surface area contributed by atoms with Crippen molar-refractivity contribution in [2.24, 2.45) is 0 Å². The Hall–Kier alpha value is -3.88. The van der Waals surface area contributed by atoms with Crippen LogP contribution in [0.2, 0.25) is 0 Å². The lowest BCUT2D eigenvalue weighted by Crippen LogP contribution is -2.47. The summed E-state index contributed by atoms with van der Waals surface area (Å²) in [7, 11) is 5.58. The molecule has 0 spiro atoms. The molecule has 3 aromatic rings. The summed E-state index contributed by atoms with van der Waals surface area (Å²) in [5.74, 6) is 2.23. The van der Waals surface area contributed by atoms with Crippen molar-refractivity contribution in [2.45, 2.75) is 19.4 Å². The number of piperazine rings is 1. The fourth-order valence-electron chi connectivity index (χ4n) is 4.99. The summed E-state index contributed by atoms with van der Waals surface area (Å²) in [5, 5.41) is 0. The van der Waals surface area contributed by atoms with E-state index in [0.29, 0.717) is 63.7 Å². The largest absolute Gasteiger partial charge is 0.497 e. The third-order valence-corrected chi connectivity index (χ3v) is 7.07. The summed E-state index contributed by atoms with van der Waals surface area (Å²) in [4.78, 5) is 31.1. The topological polar surface area (TPSA) is 65.0 Å². The lowest BCUT2D eigenvalue weighted by Gasteiger charge is -2.37. The number of ether oxygens (including phenoxy) is 1. The van der Waals surface area contributed by atoms with Gasteiger partial charge in [-0.25, -0.2) is 9.37 Å². The number of anilines is 3. The molecule has 1 saturated heterocycles. The quantitative estimate of drug-likeness (QED) is 0.511. The Balaban J connectivity index is 1.29. The minimum atomic E-state index is -0.193. The van der Waals surface area contributed by atoms with Gasteiger partial charge in [-0.05, 0) is 29.8 Å². The lowest BCUT2D eigenvalue weighted by molar-refractivity contribution is -0.131. The highest BCUT2D eigenvalue weighted by atomic mass is 19.1. The minimum Gasteiger partial charge on any atom is -0.497 e. The number of benzene rings is 2. The van der Waals surface area contributed by atoms with Gasteiger partial charge < -0.3 is 24.3 Å². The second kappa shape index (κ2) is 10.6. The average Bonchev–Trinajstić information content (AvgIpc) is 2.93. The molecule has 8 nitrogen and oxygen atoms in total. The number of fused-ring (bicyclic) bond motifs is 1. The summed E-state index contributed by atoms with van der Waals surface area (Å²) in [5.41, 5.74) is 3.61. The third kappa shape index (κ3) is 5.30. The predicted octanol–water partition coefficient (Wildman–Crippen LogP) is 3.14. The predicted molar refractivity (Wildman–Crippen MR) is 143 cm³/mol. The Morgan fingerprint density at radius 1 is 0.973 bits per heavy atom. The van der Waals surface area contributed by atoms with Crippen LogP contribution in [0.4, 0.5) is 21.8 Å². The van der Waals surface area contributed by atoms with Crippen LogP contribution in [0.3, 0.4) is 0 Å². The second-order valence-corrected chi connectivity index (χ2v) is 9.68. The highest BCUT2D eigenvalue weighted by Gasteiger charge is 2.28. The zero-order valence-corrected chi connectivity index (χ0v) is 21.7. The van der Waals surface area contributed by atoms with Gasteiger partial charge in [-0.1, -0.05) is 24.3 Å². The lowest BCUT2D eigenvalue weighted by atomic mass is 10.0. The Morgan fingerprint density at radius 3 is 2.35 bits per heavy atom. The van der Waals surface area contributed by atoms with Crippen molar-refractivity contribution in [3.63, 3.8) is 0 Å². The number of halogens is 1. The molecule has 3 heterocycles. The van der Waals surface area contributed by atoms with Crippen molar-refractivity contribution < 1.29 is 13.9 Å². The van der Waals surface area contributed by atoms with Crippen molar-refractivity contribution in [1.29, 1.82) is 0 Å². The molecule has 194 valence electrons. The van der Waals surface area contributed by atoms with E-state index in [1.54, 1.807) is 13.2 Å². The number of para-hydroxylation sites is 1. The molecule has 2 aromatic carbocycles. The van der Waals surface area contributed by atoms with Gasteiger partial charge in [0.15, 0.2) is 0 Å². The van der Waals surface area contributed by atoms with Gasteiger partial charge in [-0.3, -0.25) is 4.79 Å². The normalized spacial score (nSPS) is 15.4. The molecule has 0 aliphatic carbocycles. The standard InChI is InChI=1S/C28H33FN6O2/c1-32(2)27-22-19-35(26(36)18-20-8-10-21(37-3)11-9-20)13-12-24(22)30-28(31-27)34-16-14-33(15-17-34)25-7-5-4-6-23(25)29/h4-11H,12-19H2,1-3H3. The first-order chi connectivity index (χ1) is 17.9. The Morgan fingerprint density at radius 2 is 1.68 bits per heavy atom. The molecule has 0 radical (unpaired) electrons. The number of aromatic nitrogens is 2. The zero-order valence-electron chi connectivity index (χ0n) is 21.7. The van der Waals surface area contributed by atoms with Crippen LogP contribution in [0.15, 0.2) is 48.5 Å². The summed E-state index contributed by atoms with van der Waals surface area (Å²) >= 11 is 0. The molecule has 37 heavy (non-hydrogen) atoms. The van der Waals surface area contributed by atoms with Gasteiger partial charge in [-0.15, -0.1) is 0 Å². The first-order valence-electron chi connectivity index (χ1n) is 12.6. The molecule has 0 bridgehead atoms. The van der Waals surface area contributed by atoms with Crippen LogP contribution in [0, 0.1) is 5.82 Å². The van der Waals surface area contributed by atoms with Crippen LogP contribution in [-0.2, 0) is 24.2 Å². The molecule has 2 aliphatic heterocycles. The van der Waals surface area contributed by atoms with Crippen LogP contribution >= 0.6 is 0 Å². The average molecular weight is 505 g/mol. The van der Waals surface area contributed by atoms with Crippen molar-refractivity contribution in [2.75, 3.05) is 68.6 Å². The molecule has 5 rings (SSSR count). The highest BCUT2D eigenvalue weighted by molar-refractivity contribution is 5.79. The first kappa shape index (κ1) is 24.8. The third-order valence-electron chi connectivity index (χ3n) is 7.07. The number of rotatable bonds is 6.